The van der Waals surface area contributed by atoms with Gasteiger partial charge in [0.2, 0.25) is 0 Å². The number of hydrogen-bond acceptors (Lipinski definition) is 8. The molecule has 3 aromatic rings. The molecule has 0 aliphatic heterocycles. The Hall–Kier alpha value is -3.96. The zero-order valence-corrected chi connectivity index (χ0v) is 23.1. The van der Waals surface area contributed by atoms with Gasteiger partial charge in [-0.2, -0.15) is 0 Å². The number of carbonyl (C=O) groups is 3. The van der Waals surface area contributed by atoms with Crippen LogP contribution in [0.4, 0.5) is 0 Å². The molecule has 1 aromatic heterocycles. The number of rotatable bonds is 11. The number of methoxy groups -OCH3 is 1. The van der Waals surface area contributed by atoms with E-state index in [4.69, 9.17) is 21.1 Å². The van der Waals surface area contributed by atoms with E-state index in [9.17, 15) is 22.8 Å². The lowest BCUT2D eigenvalue weighted by Crippen LogP contribution is -2.30. The van der Waals surface area contributed by atoms with Crippen molar-refractivity contribution in [1.82, 2.24) is 15.0 Å². The molecule has 0 spiro atoms. The molecule has 0 aliphatic rings. The summed E-state index contributed by atoms with van der Waals surface area (Å²) in [4.78, 5) is 40.8. The predicted molar refractivity (Wildman–Crippen MR) is 145 cm³/mol. The highest BCUT2D eigenvalue weighted by molar-refractivity contribution is 7.90. The fourth-order valence-electron chi connectivity index (χ4n) is 3.32. The van der Waals surface area contributed by atoms with E-state index in [1.54, 1.807) is 31.2 Å². The maximum atomic E-state index is 12.7. The molecule has 2 aromatic carbocycles. The topological polar surface area (TPSA) is 141 Å². The van der Waals surface area contributed by atoms with Crippen molar-refractivity contribution in [1.29, 1.82) is 0 Å². The van der Waals surface area contributed by atoms with Crippen LogP contribution in [0.2, 0.25) is 5.02 Å². The van der Waals surface area contributed by atoms with Gasteiger partial charge in [0.1, 0.15) is 11.4 Å². The average molecular weight is 574 g/mol. The molecule has 10 nitrogen and oxygen atoms in total. The number of carbonyl (C=O) groups excluding carboxylic acids is 3. The van der Waals surface area contributed by atoms with Crippen molar-refractivity contribution in [3.63, 3.8) is 0 Å². The predicted octanol–water partition coefficient (Wildman–Crippen LogP) is 3.79. The highest BCUT2D eigenvalue weighted by Gasteiger charge is 2.20. The number of pyridine rings is 1. The summed E-state index contributed by atoms with van der Waals surface area (Å²) < 4.78 is 37.7. The third-order valence-electron chi connectivity index (χ3n) is 5.68. The van der Waals surface area contributed by atoms with Crippen LogP contribution in [0.15, 0.2) is 65.7 Å². The van der Waals surface area contributed by atoms with E-state index in [2.05, 4.69) is 10.3 Å². The number of amides is 2. The molecular weight excluding hydrogens is 546 g/mol. The SMILES string of the molecule is CC[C@H](C)OC(=O)c1ccc(C(=O)NS(=O)(=O)c2ccc(CCNC(=O)c3cc(Cl)ccc3OC)cc2)cn1. The third kappa shape index (κ3) is 8.01. The Kier molecular flexibility index (Phi) is 10.0. The molecule has 2 amide bonds. The fourth-order valence-corrected chi connectivity index (χ4v) is 4.47. The molecule has 0 saturated carbocycles. The molecule has 0 saturated heterocycles. The van der Waals surface area contributed by atoms with Gasteiger partial charge in [0, 0.05) is 17.8 Å². The highest BCUT2D eigenvalue weighted by Crippen LogP contribution is 2.22. The molecule has 2 N–H and O–H groups in total. The minimum Gasteiger partial charge on any atom is -0.496 e. The zero-order valence-electron chi connectivity index (χ0n) is 21.6. The lowest BCUT2D eigenvalue weighted by atomic mass is 10.1. The summed E-state index contributed by atoms with van der Waals surface area (Å²) in [6.45, 7) is 3.90. The van der Waals surface area contributed by atoms with Crippen molar-refractivity contribution in [3.05, 3.63) is 88.2 Å². The van der Waals surface area contributed by atoms with Gasteiger partial charge in [0.25, 0.3) is 21.8 Å². The minimum atomic E-state index is -4.17. The number of aromatic nitrogens is 1. The maximum absolute atomic E-state index is 12.7. The molecule has 12 heteroatoms. The van der Waals surface area contributed by atoms with Crippen LogP contribution in [0.3, 0.4) is 0 Å². The Bertz CT molecular complexity index is 1440. The molecule has 39 heavy (non-hydrogen) atoms. The molecule has 0 radical (unpaired) electrons. The van der Waals surface area contributed by atoms with Crippen LogP contribution < -0.4 is 14.8 Å². The molecule has 0 fully saturated rings. The zero-order chi connectivity index (χ0) is 28.6. The standard InChI is InChI=1S/C27H28ClN3O7S/c1-4-17(2)38-27(34)23-11-7-19(16-30-23)25(32)31-39(35,36)21-9-5-18(6-10-21)13-14-29-26(33)22-15-20(28)8-12-24(22)37-3/h5-12,15-17H,4,13-14H2,1-3H3,(H,29,33)(H,31,32)/t17-/m0/s1. The first-order valence-corrected chi connectivity index (χ1v) is 13.8. The van der Waals surface area contributed by atoms with Gasteiger partial charge in [-0.05, 0) is 67.8 Å². The summed E-state index contributed by atoms with van der Waals surface area (Å²) in [5.74, 6) is -1.49. The van der Waals surface area contributed by atoms with E-state index in [0.29, 0.717) is 29.2 Å². The van der Waals surface area contributed by atoms with Crippen LogP contribution in [-0.2, 0) is 21.2 Å². The normalized spacial score (nSPS) is 11.8. The van der Waals surface area contributed by atoms with Crippen LogP contribution >= 0.6 is 11.6 Å². The van der Waals surface area contributed by atoms with Crippen LogP contribution in [0, 0.1) is 0 Å². The van der Waals surface area contributed by atoms with Crippen LogP contribution in [0.5, 0.6) is 5.75 Å². The lowest BCUT2D eigenvalue weighted by molar-refractivity contribution is 0.0327. The quantitative estimate of drug-likeness (QED) is 0.330. The highest BCUT2D eigenvalue weighted by atomic mass is 35.5. The van der Waals surface area contributed by atoms with Crippen molar-refractivity contribution < 1.29 is 32.3 Å². The van der Waals surface area contributed by atoms with Crippen molar-refractivity contribution >= 4 is 39.4 Å². The third-order valence-corrected chi connectivity index (χ3v) is 7.27. The van der Waals surface area contributed by atoms with Crippen LogP contribution in [0.25, 0.3) is 0 Å². The number of ether oxygens (including phenoxy) is 2. The van der Waals surface area contributed by atoms with Gasteiger partial charge < -0.3 is 14.8 Å². The number of nitrogens with zero attached hydrogens (tertiary/aromatic N) is 1. The number of benzene rings is 2. The summed E-state index contributed by atoms with van der Waals surface area (Å²) in [6, 6.07) is 13.2. The van der Waals surface area contributed by atoms with Gasteiger partial charge in [0.05, 0.1) is 29.2 Å². The number of halogens is 1. The second-order valence-electron chi connectivity index (χ2n) is 8.49. The number of hydrogen-bond donors (Lipinski definition) is 2. The number of nitrogens with one attached hydrogen (secondary N) is 2. The Morgan fingerprint density at radius 3 is 2.36 bits per heavy atom. The number of sulfonamides is 1. The summed E-state index contributed by atoms with van der Waals surface area (Å²) in [6.07, 6.45) is 1.89. The molecule has 206 valence electrons. The molecule has 1 heterocycles. The second-order valence-corrected chi connectivity index (χ2v) is 10.6. The van der Waals surface area contributed by atoms with Crippen LogP contribution in [-0.4, -0.2) is 50.9 Å². The van der Waals surface area contributed by atoms with E-state index >= 15 is 0 Å². The van der Waals surface area contributed by atoms with Gasteiger partial charge in [0.15, 0.2) is 0 Å². The molecule has 1 atom stereocenters. The first kappa shape index (κ1) is 29.6. The van der Waals surface area contributed by atoms with Gasteiger partial charge >= 0.3 is 5.97 Å². The monoisotopic (exact) mass is 573 g/mol. The molecule has 0 bridgehead atoms. The first-order chi connectivity index (χ1) is 18.5. The maximum Gasteiger partial charge on any atom is 0.357 e. The van der Waals surface area contributed by atoms with E-state index in [1.165, 1.54) is 37.4 Å². The van der Waals surface area contributed by atoms with Crippen LogP contribution in [0.1, 0.15) is 57.0 Å². The molecule has 0 aliphatic carbocycles. The van der Waals surface area contributed by atoms with E-state index < -0.39 is 21.9 Å². The first-order valence-electron chi connectivity index (χ1n) is 12.0. The summed E-state index contributed by atoms with van der Waals surface area (Å²) in [5.41, 5.74) is 1.04. The minimum absolute atomic E-state index is 0.00758. The van der Waals surface area contributed by atoms with E-state index in [1.807, 2.05) is 11.6 Å². The van der Waals surface area contributed by atoms with Crippen molar-refractivity contribution in [2.45, 2.75) is 37.7 Å². The summed E-state index contributed by atoms with van der Waals surface area (Å²) >= 11 is 5.97. The summed E-state index contributed by atoms with van der Waals surface area (Å²) in [5, 5.41) is 3.18. The molecule has 0 unspecified atom stereocenters. The van der Waals surface area contributed by atoms with E-state index in [-0.39, 0.29) is 34.7 Å². The molecular formula is C27H28ClN3O7S. The van der Waals surface area contributed by atoms with E-state index in [0.717, 1.165) is 11.8 Å². The van der Waals surface area contributed by atoms with Gasteiger partial charge in [-0.15, -0.1) is 0 Å². The van der Waals surface area contributed by atoms with Gasteiger partial charge in [-0.25, -0.2) is 22.9 Å². The molecule has 3 rings (SSSR count). The fraction of sp³-hybridized carbons (Fsp3) is 0.259. The van der Waals surface area contributed by atoms with Crippen molar-refractivity contribution in [3.8, 4) is 5.75 Å². The smallest absolute Gasteiger partial charge is 0.357 e. The Morgan fingerprint density at radius 1 is 1.03 bits per heavy atom. The lowest BCUT2D eigenvalue weighted by Gasteiger charge is -2.11. The van der Waals surface area contributed by atoms with Crippen molar-refractivity contribution in [2.24, 2.45) is 0 Å². The van der Waals surface area contributed by atoms with Gasteiger partial charge in [-0.1, -0.05) is 30.7 Å². The Balaban J connectivity index is 1.56. The average Bonchev–Trinajstić information content (AvgIpc) is 2.93. The van der Waals surface area contributed by atoms with Gasteiger partial charge in [-0.3, -0.25) is 9.59 Å². The summed E-state index contributed by atoms with van der Waals surface area (Å²) in [7, 11) is -2.71. The Labute approximate surface area is 231 Å². The largest absolute Gasteiger partial charge is 0.496 e. The second kappa shape index (κ2) is 13.2. The number of esters is 1. The van der Waals surface area contributed by atoms with Crippen molar-refractivity contribution in [2.75, 3.05) is 13.7 Å². The Morgan fingerprint density at radius 2 is 1.74 bits per heavy atom.